The minimum Gasteiger partial charge on any atom is -0.344 e. The number of rotatable bonds is 9. The van der Waals surface area contributed by atoms with Gasteiger partial charge >= 0.3 is 0 Å². The zero-order valence-corrected chi connectivity index (χ0v) is 19.7. The van der Waals surface area contributed by atoms with Crippen LogP contribution in [0, 0.1) is 5.92 Å². The van der Waals surface area contributed by atoms with E-state index in [1.54, 1.807) is 4.90 Å². The first kappa shape index (κ1) is 24.5. The van der Waals surface area contributed by atoms with Crippen LogP contribution in [0.2, 0.25) is 0 Å². The topological polar surface area (TPSA) is 69.7 Å². The van der Waals surface area contributed by atoms with Gasteiger partial charge in [-0.1, -0.05) is 74.5 Å². The van der Waals surface area contributed by atoms with Crippen molar-refractivity contribution in [2.45, 2.75) is 45.6 Å². The van der Waals surface area contributed by atoms with E-state index in [0.29, 0.717) is 32.6 Å². The second kappa shape index (κ2) is 12.2. The Kier molecular flexibility index (Phi) is 9.04. The molecular weight excluding hydrogens is 414 g/mol. The summed E-state index contributed by atoms with van der Waals surface area (Å²) < 4.78 is 0. The van der Waals surface area contributed by atoms with Crippen molar-refractivity contribution in [2.75, 3.05) is 26.2 Å². The molecule has 1 atom stereocenters. The monoisotopic (exact) mass is 449 g/mol. The number of nitrogens with zero attached hydrogens (tertiary/aromatic N) is 2. The van der Waals surface area contributed by atoms with Crippen molar-refractivity contribution in [1.29, 1.82) is 0 Å². The Morgan fingerprint density at radius 3 is 1.94 bits per heavy atom. The molecular formula is C27H35N3O3. The minimum atomic E-state index is -0.561. The third-order valence-corrected chi connectivity index (χ3v) is 6.10. The number of carbonyl (C=O) groups excluding carboxylic acids is 3. The van der Waals surface area contributed by atoms with Gasteiger partial charge in [0.25, 0.3) is 0 Å². The highest BCUT2D eigenvalue weighted by atomic mass is 16.2. The van der Waals surface area contributed by atoms with Crippen LogP contribution < -0.4 is 5.32 Å². The van der Waals surface area contributed by atoms with Gasteiger partial charge in [0, 0.05) is 32.6 Å². The van der Waals surface area contributed by atoms with E-state index >= 15 is 0 Å². The van der Waals surface area contributed by atoms with Crippen LogP contribution in [0.15, 0.2) is 60.7 Å². The highest BCUT2D eigenvalue weighted by molar-refractivity contribution is 5.89. The maximum absolute atomic E-state index is 13.1. The molecule has 0 radical (unpaired) electrons. The number of piperazine rings is 1. The first-order valence-electron chi connectivity index (χ1n) is 11.9. The molecule has 1 unspecified atom stereocenters. The van der Waals surface area contributed by atoms with Gasteiger partial charge < -0.3 is 15.1 Å². The smallest absolute Gasteiger partial charge is 0.245 e. The van der Waals surface area contributed by atoms with Crippen LogP contribution in [0.1, 0.15) is 37.8 Å². The lowest BCUT2D eigenvalue weighted by atomic mass is 10.0. The van der Waals surface area contributed by atoms with Crippen LogP contribution in [0.5, 0.6) is 0 Å². The van der Waals surface area contributed by atoms with Crippen molar-refractivity contribution in [3.8, 4) is 0 Å². The predicted molar refractivity (Wildman–Crippen MR) is 129 cm³/mol. The molecule has 3 amide bonds. The Morgan fingerprint density at radius 1 is 0.818 bits per heavy atom. The summed E-state index contributed by atoms with van der Waals surface area (Å²) in [6.07, 6.45) is 2.49. The van der Waals surface area contributed by atoms with Crippen LogP contribution in [0.25, 0.3) is 0 Å². The highest BCUT2D eigenvalue weighted by Crippen LogP contribution is 2.13. The molecule has 1 heterocycles. The summed E-state index contributed by atoms with van der Waals surface area (Å²) in [7, 11) is 0. The molecule has 6 heteroatoms. The lowest BCUT2D eigenvalue weighted by Gasteiger charge is -2.37. The third-order valence-electron chi connectivity index (χ3n) is 6.10. The second-order valence-electron chi connectivity index (χ2n) is 9.00. The second-order valence-corrected chi connectivity index (χ2v) is 9.00. The average Bonchev–Trinajstić information content (AvgIpc) is 2.83. The molecule has 0 aliphatic carbocycles. The third kappa shape index (κ3) is 7.45. The van der Waals surface area contributed by atoms with E-state index in [4.69, 9.17) is 0 Å². The highest BCUT2D eigenvalue weighted by Gasteiger charge is 2.31. The number of aryl methyl sites for hydroxylation is 1. The number of carbonyl (C=O) groups is 3. The molecule has 0 aromatic heterocycles. The Balaban J connectivity index is 1.45. The van der Waals surface area contributed by atoms with Crippen molar-refractivity contribution in [1.82, 2.24) is 15.1 Å². The molecule has 0 bridgehead atoms. The largest absolute Gasteiger partial charge is 0.344 e. The number of amides is 3. The normalized spacial score (nSPS) is 14.8. The number of hydrogen-bond donors (Lipinski definition) is 1. The molecule has 1 aliphatic heterocycles. The van der Waals surface area contributed by atoms with Gasteiger partial charge in [-0.2, -0.15) is 0 Å². The van der Waals surface area contributed by atoms with Crippen molar-refractivity contribution >= 4 is 17.7 Å². The molecule has 1 saturated heterocycles. The molecule has 6 nitrogen and oxygen atoms in total. The zero-order valence-electron chi connectivity index (χ0n) is 19.7. The van der Waals surface area contributed by atoms with E-state index in [-0.39, 0.29) is 30.1 Å². The Bertz CT molecular complexity index is 907. The van der Waals surface area contributed by atoms with E-state index in [2.05, 4.69) is 17.4 Å². The molecule has 1 aliphatic rings. The lowest BCUT2D eigenvalue weighted by molar-refractivity contribution is -0.142. The fourth-order valence-electron chi connectivity index (χ4n) is 4.14. The van der Waals surface area contributed by atoms with Crippen LogP contribution in [-0.4, -0.2) is 59.7 Å². The Hall–Kier alpha value is -3.15. The van der Waals surface area contributed by atoms with E-state index in [0.717, 1.165) is 18.4 Å². The molecule has 2 aromatic carbocycles. The summed E-state index contributed by atoms with van der Waals surface area (Å²) in [5.74, 6) is -0.0902. The fourth-order valence-corrected chi connectivity index (χ4v) is 4.14. The van der Waals surface area contributed by atoms with Gasteiger partial charge in [-0.15, -0.1) is 0 Å². The van der Waals surface area contributed by atoms with Gasteiger partial charge in [-0.05, 0) is 29.9 Å². The standard InChI is InChI=1S/C27H35N3O3/c1-21(2)26(28-24(31)20-23-12-7-4-8-13-23)27(33)30-18-16-29(17-19-30)25(32)15-9-14-22-10-5-3-6-11-22/h3-8,10-13,21,26H,9,14-20H2,1-2H3,(H,28,31). The summed E-state index contributed by atoms with van der Waals surface area (Å²) in [5, 5.41) is 2.93. The molecule has 0 spiro atoms. The average molecular weight is 450 g/mol. The SMILES string of the molecule is CC(C)C(NC(=O)Cc1ccccc1)C(=O)N1CCN(C(=O)CCCc2ccccc2)CC1. The molecule has 33 heavy (non-hydrogen) atoms. The number of nitrogens with one attached hydrogen (secondary N) is 1. The van der Waals surface area contributed by atoms with Crippen LogP contribution in [0.3, 0.4) is 0 Å². The van der Waals surface area contributed by atoms with Crippen molar-refractivity contribution in [2.24, 2.45) is 5.92 Å². The van der Waals surface area contributed by atoms with Crippen LogP contribution >= 0.6 is 0 Å². The summed E-state index contributed by atoms with van der Waals surface area (Å²) in [6, 6.07) is 19.1. The minimum absolute atomic E-state index is 0.0186. The summed E-state index contributed by atoms with van der Waals surface area (Å²) in [5.41, 5.74) is 2.17. The predicted octanol–water partition coefficient (Wildman–Crippen LogP) is 3.06. The van der Waals surface area contributed by atoms with Crippen LogP contribution in [-0.2, 0) is 27.2 Å². The number of benzene rings is 2. The van der Waals surface area contributed by atoms with E-state index in [1.165, 1.54) is 5.56 Å². The Labute approximate surface area is 197 Å². The lowest BCUT2D eigenvalue weighted by Crippen LogP contribution is -2.57. The summed E-state index contributed by atoms with van der Waals surface area (Å²) >= 11 is 0. The fraction of sp³-hybridized carbons (Fsp3) is 0.444. The van der Waals surface area contributed by atoms with E-state index in [1.807, 2.05) is 67.3 Å². The molecule has 3 rings (SSSR count). The van der Waals surface area contributed by atoms with Gasteiger partial charge in [0.05, 0.1) is 6.42 Å². The first-order chi connectivity index (χ1) is 15.9. The van der Waals surface area contributed by atoms with Gasteiger partial charge in [0.15, 0.2) is 0 Å². The first-order valence-corrected chi connectivity index (χ1v) is 11.9. The molecule has 176 valence electrons. The molecule has 1 fully saturated rings. The molecule has 0 saturated carbocycles. The van der Waals surface area contributed by atoms with E-state index in [9.17, 15) is 14.4 Å². The van der Waals surface area contributed by atoms with E-state index < -0.39 is 6.04 Å². The molecule has 2 aromatic rings. The Morgan fingerprint density at radius 2 is 1.36 bits per heavy atom. The van der Waals surface area contributed by atoms with Crippen molar-refractivity contribution in [3.63, 3.8) is 0 Å². The van der Waals surface area contributed by atoms with Crippen molar-refractivity contribution in [3.05, 3.63) is 71.8 Å². The van der Waals surface area contributed by atoms with Gasteiger partial charge in [-0.3, -0.25) is 14.4 Å². The maximum atomic E-state index is 13.1. The zero-order chi connectivity index (χ0) is 23.6. The number of hydrogen-bond acceptors (Lipinski definition) is 3. The summed E-state index contributed by atoms with van der Waals surface area (Å²) in [4.78, 5) is 41.9. The summed E-state index contributed by atoms with van der Waals surface area (Å²) in [6.45, 7) is 5.97. The quantitative estimate of drug-likeness (QED) is 0.640. The van der Waals surface area contributed by atoms with Gasteiger partial charge in [-0.25, -0.2) is 0 Å². The van der Waals surface area contributed by atoms with Gasteiger partial charge in [0.2, 0.25) is 17.7 Å². The van der Waals surface area contributed by atoms with Crippen LogP contribution in [0.4, 0.5) is 0 Å². The van der Waals surface area contributed by atoms with Crippen molar-refractivity contribution < 1.29 is 14.4 Å². The molecule has 1 N–H and O–H groups in total. The van der Waals surface area contributed by atoms with Gasteiger partial charge in [0.1, 0.15) is 6.04 Å². The maximum Gasteiger partial charge on any atom is 0.245 e.